The first-order chi connectivity index (χ1) is 13.0. The summed E-state index contributed by atoms with van der Waals surface area (Å²) in [5, 5.41) is 14.8. The molecule has 1 aliphatic rings. The van der Waals surface area contributed by atoms with E-state index < -0.39 is 32.0 Å². The van der Waals surface area contributed by atoms with Gasteiger partial charge in [-0.25, -0.2) is 10.1 Å². The fourth-order valence-corrected chi connectivity index (χ4v) is 3.70. The van der Waals surface area contributed by atoms with E-state index in [4.69, 9.17) is 26.6 Å². The van der Waals surface area contributed by atoms with E-state index in [1.54, 1.807) is 11.6 Å². The number of aliphatic hydroxyl groups excluding tert-OH is 1. The molecule has 0 amide bonds. The molecule has 14 heteroatoms. The van der Waals surface area contributed by atoms with Crippen molar-refractivity contribution in [3.8, 4) is 0 Å². The van der Waals surface area contributed by atoms with Gasteiger partial charge in [-0.05, 0) is 0 Å². The molecule has 2 aromatic rings. The molecule has 0 spiro atoms. The van der Waals surface area contributed by atoms with Crippen molar-refractivity contribution < 1.29 is 23.7 Å². The first-order valence-corrected chi connectivity index (χ1v) is 9.71. The number of fused-ring (bicyclic) bond motifs is 1. The number of aldehydes is 1. The number of nitrogens with two attached hydrogens (primary N) is 1. The van der Waals surface area contributed by atoms with Crippen LogP contribution in [0.3, 0.4) is 0 Å². The van der Waals surface area contributed by atoms with E-state index in [1.807, 2.05) is 0 Å². The summed E-state index contributed by atoms with van der Waals surface area (Å²) in [6.07, 6.45) is -0.689. The normalized spacial score (nSPS) is 26.3. The predicted molar refractivity (Wildman–Crippen MR) is 97.9 cm³/mol. The zero-order valence-electron chi connectivity index (χ0n) is 14.2. The van der Waals surface area contributed by atoms with Crippen LogP contribution >= 0.6 is 19.8 Å². The number of aliphatic hydroxyl groups is 1. The second kappa shape index (κ2) is 8.46. The lowest BCUT2D eigenvalue weighted by atomic mass is 10.2. The van der Waals surface area contributed by atoms with Crippen LogP contribution in [0.15, 0.2) is 6.33 Å². The molecule has 5 atom stereocenters. The smallest absolute Gasteiger partial charge is 0.258 e. The lowest BCUT2D eigenvalue weighted by molar-refractivity contribution is -0.106. The van der Waals surface area contributed by atoms with Crippen molar-refractivity contribution in [1.29, 1.82) is 0 Å². The molecule has 3 rings (SSSR count). The summed E-state index contributed by atoms with van der Waals surface area (Å²) in [6, 6.07) is 0. The molecule has 0 bridgehead atoms. The highest BCUT2D eigenvalue weighted by molar-refractivity contribution is 7.36. The number of nitrogen functional groups attached to an aromatic ring is 1. The Morgan fingerprint density at radius 2 is 2.33 bits per heavy atom. The quantitative estimate of drug-likeness (QED) is 0.247. The molecular weight excluding hydrogens is 401 g/mol. The first-order valence-electron chi connectivity index (χ1n) is 7.96. The highest BCUT2D eigenvalue weighted by atomic mass is 35.5. The number of alkyl halides is 1. The number of hydrogen-bond acceptors (Lipinski definition) is 10. The number of rotatable bonds is 8. The molecule has 12 nitrogen and oxygen atoms in total. The maximum atomic E-state index is 11.6. The van der Waals surface area contributed by atoms with Crippen molar-refractivity contribution in [2.45, 2.75) is 23.8 Å². The first kappa shape index (κ1) is 19.9. The number of nitrogens with zero attached hydrogens (tertiary/aromatic N) is 4. The number of carbonyl (C=O) groups excluding carboxylic acids is 1. The summed E-state index contributed by atoms with van der Waals surface area (Å²) in [7, 11) is -0.954. The second-order valence-corrected chi connectivity index (χ2v) is 7.37. The Morgan fingerprint density at radius 1 is 1.56 bits per heavy atom. The Morgan fingerprint density at radius 3 is 3.04 bits per heavy atom. The van der Waals surface area contributed by atoms with Crippen LogP contribution in [0.25, 0.3) is 11.2 Å². The van der Waals surface area contributed by atoms with Gasteiger partial charge in [0.15, 0.2) is 23.2 Å². The van der Waals surface area contributed by atoms with E-state index >= 15 is 0 Å². The molecule has 1 fully saturated rings. The van der Waals surface area contributed by atoms with Gasteiger partial charge in [0.05, 0.1) is 19.5 Å². The van der Waals surface area contributed by atoms with Crippen molar-refractivity contribution in [2.24, 2.45) is 0 Å². The number of anilines is 2. The van der Waals surface area contributed by atoms with Gasteiger partial charge in [-0.1, -0.05) is 0 Å². The van der Waals surface area contributed by atoms with Crippen molar-refractivity contribution in [3.63, 3.8) is 0 Å². The fraction of sp³-hybridized carbons (Fsp3) is 0.538. The summed E-state index contributed by atoms with van der Waals surface area (Å²) in [5.41, 5.74) is 6.58. The van der Waals surface area contributed by atoms with Gasteiger partial charge in [0.1, 0.15) is 23.9 Å². The second-order valence-electron chi connectivity index (χ2n) is 5.65. The maximum Gasteiger partial charge on any atom is 0.258 e. The van der Waals surface area contributed by atoms with Gasteiger partial charge in [-0.15, -0.1) is 11.6 Å². The van der Waals surface area contributed by atoms with Gasteiger partial charge in [0, 0.05) is 7.05 Å². The molecule has 0 aliphatic carbocycles. The molecule has 3 heterocycles. The average molecular weight is 420 g/mol. The number of ether oxygens (including phenoxy) is 1. The number of carbonyl (C=O) groups is 1. The lowest BCUT2D eigenvalue weighted by Crippen LogP contribution is -2.30. The molecule has 5 N–H and O–H groups in total. The zero-order chi connectivity index (χ0) is 19.6. The SMILES string of the molecule is CNc1nc(N)nc2c1ncn2[C@@H]1O[C@H](CO[PH](=O)NCC=O)[C@@H](O)[C@@H]1Cl. The van der Waals surface area contributed by atoms with Crippen LogP contribution in [0, 0.1) is 0 Å². The number of nitrogens with one attached hydrogen (secondary N) is 2. The molecule has 0 saturated carbocycles. The van der Waals surface area contributed by atoms with Gasteiger partial charge in [-0.3, -0.25) is 9.13 Å². The third-order valence-corrected chi connectivity index (χ3v) is 5.35. The Balaban J connectivity index is 1.78. The van der Waals surface area contributed by atoms with Crippen molar-refractivity contribution in [2.75, 3.05) is 31.2 Å². The molecule has 1 unspecified atom stereocenters. The molecule has 148 valence electrons. The zero-order valence-corrected chi connectivity index (χ0v) is 16.0. The van der Waals surface area contributed by atoms with Gasteiger partial charge < -0.3 is 30.2 Å². The standard InChI is InChI=1S/C13H19ClN7O5P/c1-16-10-8-11(20-13(15)19-10)21(5-17-8)12-7(14)9(23)6(26-12)4-25-27(24)18-2-3-22/h3,5-7,9,12,23,27H,2,4H2,1H3,(H,18,24)(H3,15,16,19,20)/t6-,7+,9-,12-/m1/s1. The minimum atomic E-state index is -2.63. The van der Waals surface area contributed by atoms with Gasteiger partial charge in [0.25, 0.3) is 8.18 Å². The van der Waals surface area contributed by atoms with Gasteiger partial charge in [0.2, 0.25) is 5.95 Å². The number of hydrogen-bond donors (Lipinski definition) is 4. The summed E-state index contributed by atoms with van der Waals surface area (Å²) in [5.74, 6) is 0.485. The lowest BCUT2D eigenvalue weighted by Gasteiger charge is -2.16. The molecular formula is C13H19ClN7O5P. The largest absolute Gasteiger partial charge is 0.389 e. The minimum Gasteiger partial charge on any atom is -0.389 e. The summed E-state index contributed by atoms with van der Waals surface area (Å²) >= 11 is 6.33. The van der Waals surface area contributed by atoms with E-state index in [1.165, 1.54) is 6.33 Å². The minimum absolute atomic E-state index is 0.0398. The van der Waals surface area contributed by atoms with Crippen LogP contribution in [0.4, 0.5) is 11.8 Å². The van der Waals surface area contributed by atoms with E-state index in [0.29, 0.717) is 23.3 Å². The van der Waals surface area contributed by atoms with Crippen molar-refractivity contribution in [3.05, 3.63) is 6.33 Å². The molecule has 0 radical (unpaired) electrons. The van der Waals surface area contributed by atoms with E-state index in [9.17, 15) is 14.5 Å². The van der Waals surface area contributed by atoms with Crippen LogP contribution in [0.1, 0.15) is 6.23 Å². The maximum absolute atomic E-state index is 11.6. The highest BCUT2D eigenvalue weighted by Crippen LogP contribution is 2.36. The highest BCUT2D eigenvalue weighted by Gasteiger charge is 2.44. The third-order valence-electron chi connectivity index (χ3n) is 3.95. The van der Waals surface area contributed by atoms with Crippen LogP contribution in [-0.2, 0) is 18.6 Å². The molecule has 0 aromatic carbocycles. The Kier molecular flexibility index (Phi) is 6.25. The van der Waals surface area contributed by atoms with E-state index in [0.717, 1.165) is 0 Å². The summed E-state index contributed by atoms with van der Waals surface area (Å²) in [6.45, 7) is -0.265. The number of aromatic nitrogens is 4. The van der Waals surface area contributed by atoms with Crippen LogP contribution in [-0.4, -0.2) is 68.7 Å². The third kappa shape index (κ3) is 4.05. The van der Waals surface area contributed by atoms with E-state index in [-0.39, 0.29) is 19.1 Å². The van der Waals surface area contributed by atoms with Crippen molar-refractivity contribution >= 4 is 49.0 Å². The van der Waals surface area contributed by atoms with Crippen molar-refractivity contribution in [1.82, 2.24) is 24.6 Å². The Labute approximate surface area is 159 Å². The Bertz CT molecular complexity index is 852. The van der Waals surface area contributed by atoms with Gasteiger partial charge >= 0.3 is 0 Å². The topological polar surface area (TPSA) is 167 Å². The summed E-state index contributed by atoms with van der Waals surface area (Å²) < 4.78 is 24.0. The Hall–Kier alpha value is -1.82. The average Bonchev–Trinajstić information content (AvgIpc) is 3.19. The molecule has 27 heavy (non-hydrogen) atoms. The van der Waals surface area contributed by atoms with Crippen LogP contribution < -0.4 is 16.1 Å². The van der Waals surface area contributed by atoms with E-state index in [2.05, 4.69) is 25.4 Å². The predicted octanol–water partition coefficient (Wildman–Crippen LogP) is -0.489. The molecule has 2 aromatic heterocycles. The fourth-order valence-electron chi connectivity index (χ4n) is 2.69. The number of halogens is 1. The number of imidazole rings is 1. The van der Waals surface area contributed by atoms with Gasteiger partial charge in [-0.2, -0.15) is 9.97 Å². The van der Waals surface area contributed by atoms with Crippen LogP contribution in [0.2, 0.25) is 0 Å². The monoisotopic (exact) mass is 419 g/mol. The summed E-state index contributed by atoms with van der Waals surface area (Å²) in [4.78, 5) is 22.7. The molecule has 1 saturated heterocycles. The molecule has 1 aliphatic heterocycles. The van der Waals surface area contributed by atoms with Crippen LogP contribution in [0.5, 0.6) is 0 Å².